The van der Waals surface area contributed by atoms with E-state index in [2.05, 4.69) is 10.1 Å². The minimum Gasteiger partial charge on any atom is -0.493 e. The molecule has 3 N–H and O–H groups in total. The normalized spacial score (nSPS) is 11.5. The van der Waals surface area contributed by atoms with Crippen molar-refractivity contribution in [1.82, 2.24) is 0 Å². The van der Waals surface area contributed by atoms with Crippen LogP contribution in [0.5, 0.6) is 17.2 Å². The summed E-state index contributed by atoms with van der Waals surface area (Å²) in [6, 6.07) is 8.04. The fraction of sp³-hybridized carbons (Fsp3) is 0.273. The SMILES string of the molecule is COc1ccc2cc(C(=O)Nc3ccc(CN)cc3OC(F)(F)F)c(=O)oc2c1OC(C)C. The van der Waals surface area contributed by atoms with E-state index in [9.17, 15) is 22.8 Å². The molecule has 0 saturated heterocycles. The first-order valence-corrected chi connectivity index (χ1v) is 9.74. The number of carbonyl (C=O) groups is 1. The van der Waals surface area contributed by atoms with Crippen molar-refractivity contribution >= 4 is 22.6 Å². The van der Waals surface area contributed by atoms with Crippen molar-refractivity contribution in [1.29, 1.82) is 0 Å². The Hall–Kier alpha value is -3.73. The molecule has 0 fully saturated rings. The van der Waals surface area contributed by atoms with Crippen LogP contribution in [-0.2, 0) is 6.54 Å². The number of fused-ring (bicyclic) bond motifs is 1. The first-order valence-electron chi connectivity index (χ1n) is 9.74. The first kappa shape index (κ1) is 23.9. The van der Waals surface area contributed by atoms with Crippen molar-refractivity contribution < 1.29 is 36.6 Å². The van der Waals surface area contributed by atoms with E-state index < -0.39 is 29.2 Å². The Labute approximate surface area is 186 Å². The summed E-state index contributed by atoms with van der Waals surface area (Å²) in [5.74, 6) is -1.14. The number of ether oxygens (including phenoxy) is 3. The third-order valence-corrected chi connectivity index (χ3v) is 4.39. The Morgan fingerprint density at radius 2 is 1.88 bits per heavy atom. The molecular formula is C22H21F3N2O6. The van der Waals surface area contributed by atoms with E-state index >= 15 is 0 Å². The van der Waals surface area contributed by atoms with Crippen molar-refractivity contribution in [3.05, 3.63) is 57.9 Å². The molecule has 33 heavy (non-hydrogen) atoms. The number of hydrogen-bond acceptors (Lipinski definition) is 7. The minimum atomic E-state index is -5.00. The second-order valence-electron chi connectivity index (χ2n) is 7.17. The van der Waals surface area contributed by atoms with Gasteiger partial charge in [-0.1, -0.05) is 6.07 Å². The highest BCUT2D eigenvalue weighted by Gasteiger charge is 2.32. The number of nitrogens with one attached hydrogen (secondary N) is 1. The number of methoxy groups -OCH3 is 1. The van der Waals surface area contributed by atoms with Gasteiger partial charge in [-0.15, -0.1) is 13.2 Å². The molecule has 0 aliphatic rings. The predicted octanol–water partition coefficient (Wildman–Crippen LogP) is 4.20. The van der Waals surface area contributed by atoms with E-state index in [1.165, 1.54) is 25.3 Å². The van der Waals surface area contributed by atoms with Crippen LogP contribution in [0.3, 0.4) is 0 Å². The van der Waals surface area contributed by atoms with Crippen molar-refractivity contribution in [3.8, 4) is 17.2 Å². The van der Waals surface area contributed by atoms with Crippen molar-refractivity contribution in [2.45, 2.75) is 32.9 Å². The maximum absolute atomic E-state index is 12.8. The van der Waals surface area contributed by atoms with Gasteiger partial charge in [0.15, 0.2) is 17.1 Å². The van der Waals surface area contributed by atoms with Gasteiger partial charge in [-0.05, 0) is 49.7 Å². The van der Waals surface area contributed by atoms with Crippen LogP contribution in [0.25, 0.3) is 11.0 Å². The fourth-order valence-corrected chi connectivity index (χ4v) is 3.00. The third kappa shape index (κ3) is 5.55. The van der Waals surface area contributed by atoms with Crippen LogP contribution in [0.1, 0.15) is 29.8 Å². The van der Waals surface area contributed by atoms with Gasteiger partial charge < -0.3 is 29.7 Å². The molecule has 3 aromatic rings. The molecule has 0 unspecified atom stereocenters. The summed E-state index contributed by atoms with van der Waals surface area (Å²) in [7, 11) is 1.42. The molecule has 0 aliphatic heterocycles. The molecule has 0 radical (unpaired) electrons. The average Bonchev–Trinajstić information content (AvgIpc) is 2.73. The Kier molecular flexibility index (Phi) is 6.82. The van der Waals surface area contributed by atoms with E-state index in [1.54, 1.807) is 26.0 Å². The van der Waals surface area contributed by atoms with Gasteiger partial charge in [0.2, 0.25) is 5.75 Å². The summed E-state index contributed by atoms with van der Waals surface area (Å²) in [6.45, 7) is 3.50. The third-order valence-electron chi connectivity index (χ3n) is 4.39. The number of carbonyl (C=O) groups excluding carboxylic acids is 1. The Morgan fingerprint density at radius 3 is 2.48 bits per heavy atom. The summed E-state index contributed by atoms with van der Waals surface area (Å²) in [5, 5.41) is 2.60. The second-order valence-corrected chi connectivity index (χ2v) is 7.17. The molecule has 8 nitrogen and oxygen atoms in total. The number of alkyl halides is 3. The maximum atomic E-state index is 12.8. The zero-order valence-electron chi connectivity index (χ0n) is 17.9. The highest BCUT2D eigenvalue weighted by atomic mass is 19.4. The van der Waals surface area contributed by atoms with Crippen LogP contribution >= 0.6 is 0 Å². The molecule has 3 rings (SSSR count). The van der Waals surface area contributed by atoms with Crippen LogP contribution in [0, 0.1) is 0 Å². The van der Waals surface area contributed by atoms with Gasteiger partial charge in [0.25, 0.3) is 5.91 Å². The molecular weight excluding hydrogens is 445 g/mol. The van der Waals surface area contributed by atoms with Crippen molar-refractivity contribution in [2.24, 2.45) is 5.73 Å². The zero-order chi connectivity index (χ0) is 24.3. The average molecular weight is 466 g/mol. The molecule has 0 aliphatic carbocycles. The topological polar surface area (TPSA) is 113 Å². The van der Waals surface area contributed by atoms with Crippen molar-refractivity contribution in [3.63, 3.8) is 0 Å². The smallest absolute Gasteiger partial charge is 0.493 e. The maximum Gasteiger partial charge on any atom is 0.573 e. The van der Waals surface area contributed by atoms with E-state index in [-0.39, 0.29) is 29.7 Å². The summed E-state index contributed by atoms with van der Waals surface area (Å²) in [6.07, 6.45) is -5.26. The second kappa shape index (κ2) is 9.41. The number of nitrogens with two attached hydrogens (primary N) is 1. The Balaban J connectivity index is 2.02. The number of hydrogen-bond donors (Lipinski definition) is 2. The fourth-order valence-electron chi connectivity index (χ4n) is 3.00. The van der Waals surface area contributed by atoms with E-state index in [4.69, 9.17) is 19.6 Å². The lowest BCUT2D eigenvalue weighted by Crippen LogP contribution is -2.23. The number of benzene rings is 2. The van der Waals surface area contributed by atoms with Crippen LogP contribution in [0.15, 0.2) is 45.6 Å². The molecule has 0 bridgehead atoms. The van der Waals surface area contributed by atoms with Crippen LogP contribution in [0.2, 0.25) is 0 Å². The molecule has 11 heteroatoms. The van der Waals surface area contributed by atoms with Crippen LogP contribution in [0.4, 0.5) is 18.9 Å². The van der Waals surface area contributed by atoms with Gasteiger partial charge in [-0.2, -0.15) is 0 Å². The summed E-state index contributed by atoms with van der Waals surface area (Å²) >= 11 is 0. The molecule has 1 aromatic heterocycles. The molecule has 2 aromatic carbocycles. The van der Waals surface area contributed by atoms with Gasteiger partial charge in [0.05, 0.1) is 18.9 Å². The van der Waals surface area contributed by atoms with Crippen LogP contribution in [-0.4, -0.2) is 25.5 Å². The lowest BCUT2D eigenvalue weighted by Gasteiger charge is -2.16. The first-order chi connectivity index (χ1) is 15.5. The van der Waals surface area contributed by atoms with E-state index in [1.807, 2.05) is 0 Å². The van der Waals surface area contributed by atoms with Gasteiger partial charge in [-0.25, -0.2) is 4.79 Å². The Bertz CT molecular complexity index is 1240. The van der Waals surface area contributed by atoms with Crippen molar-refractivity contribution in [2.75, 3.05) is 12.4 Å². The van der Waals surface area contributed by atoms with Gasteiger partial charge >= 0.3 is 12.0 Å². The molecule has 0 spiro atoms. The van der Waals surface area contributed by atoms with E-state index in [0.717, 1.165) is 6.07 Å². The molecule has 1 heterocycles. The summed E-state index contributed by atoms with van der Waals surface area (Å²) in [4.78, 5) is 25.3. The highest BCUT2D eigenvalue weighted by molar-refractivity contribution is 6.06. The largest absolute Gasteiger partial charge is 0.573 e. The zero-order valence-corrected chi connectivity index (χ0v) is 17.9. The number of anilines is 1. The quantitative estimate of drug-likeness (QED) is 0.502. The summed E-state index contributed by atoms with van der Waals surface area (Å²) in [5.41, 5.74) is 4.14. The molecule has 0 saturated carbocycles. The number of rotatable bonds is 7. The lowest BCUT2D eigenvalue weighted by atomic mass is 10.1. The van der Waals surface area contributed by atoms with Gasteiger partial charge in [0, 0.05) is 11.9 Å². The van der Waals surface area contributed by atoms with E-state index in [0.29, 0.717) is 16.7 Å². The summed E-state index contributed by atoms with van der Waals surface area (Å²) < 4.78 is 58.6. The Morgan fingerprint density at radius 1 is 1.15 bits per heavy atom. The predicted molar refractivity (Wildman–Crippen MR) is 114 cm³/mol. The lowest BCUT2D eigenvalue weighted by molar-refractivity contribution is -0.274. The monoisotopic (exact) mass is 466 g/mol. The standard InChI is InChI=1S/C22H21F3N2O6/c1-11(2)31-19-16(30-3)7-5-13-9-14(21(29)32-18(13)19)20(28)27-15-6-4-12(10-26)8-17(15)33-22(23,24)25/h4-9,11H,10,26H2,1-3H3,(H,27,28). The molecule has 176 valence electrons. The van der Waals surface area contributed by atoms with Crippen LogP contribution < -0.4 is 30.9 Å². The van der Waals surface area contributed by atoms with Gasteiger partial charge in [-0.3, -0.25) is 4.79 Å². The van der Waals surface area contributed by atoms with Gasteiger partial charge in [0.1, 0.15) is 5.56 Å². The molecule has 1 amide bonds. The highest BCUT2D eigenvalue weighted by Crippen LogP contribution is 2.36. The number of amides is 1. The number of halogens is 3. The molecule has 0 atom stereocenters. The minimum absolute atomic E-state index is 0.0407.